The highest BCUT2D eigenvalue weighted by Gasteiger charge is 2.22. The molecule has 1 heterocycles. The van der Waals surface area contributed by atoms with Gasteiger partial charge in [0.1, 0.15) is 5.82 Å². The van der Waals surface area contributed by atoms with Crippen LogP contribution in [0.5, 0.6) is 0 Å². The summed E-state index contributed by atoms with van der Waals surface area (Å²) in [5.41, 5.74) is 1.20. The molecular formula is C17H27FN2. The van der Waals surface area contributed by atoms with Gasteiger partial charge in [0.25, 0.3) is 0 Å². The van der Waals surface area contributed by atoms with Crippen molar-refractivity contribution >= 4 is 0 Å². The summed E-state index contributed by atoms with van der Waals surface area (Å²) in [4.78, 5) is 2.53. The maximum atomic E-state index is 13.1. The van der Waals surface area contributed by atoms with Crippen LogP contribution < -0.4 is 5.32 Å². The molecular weight excluding hydrogens is 251 g/mol. The van der Waals surface area contributed by atoms with Gasteiger partial charge < -0.3 is 5.32 Å². The van der Waals surface area contributed by atoms with Crippen molar-refractivity contribution in [2.24, 2.45) is 5.92 Å². The smallest absolute Gasteiger partial charge is 0.123 e. The Bertz CT molecular complexity index is 396. The third-order valence-electron chi connectivity index (χ3n) is 4.12. The Balaban J connectivity index is 2.05. The zero-order valence-electron chi connectivity index (χ0n) is 12.9. The number of halogens is 1. The van der Waals surface area contributed by atoms with Gasteiger partial charge in [-0.1, -0.05) is 26.0 Å². The molecule has 3 heteroatoms. The lowest BCUT2D eigenvalue weighted by Crippen LogP contribution is -2.40. The van der Waals surface area contributed by atoms with E-state index >= 15 is 0 Å². The first-order valence-electron chi connectivity index (χ1n) is 7.79. The topological polar surface area (TPSA) is 15.3 Å². The molecule has 0 aliphatic carbocycles. The number of benzene rings is 1. The molecule has 0 bridgehead atoms. The molecule has 1 N–H and O–H groups in total. The van der Waals surface area contributed by atoms with Gasteiger partial charge in [-0.3, -0.25) is 4.90 Å². The van der Waals surface area contributed by atoms with Crippen LogP contribution in [0.3, 0.4) is 0 Å². The van der Waals surface area contributed by atoms with Crippen LogP contribution in [0.15, 0.2) is 24.3 Å². The Morgan fingerprint density at radius 1 is 1.25 bits per heavy atom. The average Bonchev–Trinajstić information content (AvgIpc) is 2.90. The predicted molar refractivity (Wildman–Crippen MR) is 82.3 cm³/mol. The lowest BCUT2D eigenvalue weighted by atomic mass is 10.0. The van der Waals surface area contributed by atoms with E-state index in [1.807, 2.05) is 12.1 Å². The van der Waals surface area contributed by atoms with Crippen LogP contribution in [0.4, 0.5) is 4.39 Å². The van der Waals surface area contributed by atoms with E-state index in [1.54, 1.807) is 12.1 Å². The van der Waals surface area contributed by atoms with Crippen molar-refractivity contribution in [3.63, 3.8) is 0 Å². The molecule has 1 aliphatic rings. The first-order chi connectivity index (χ1) is 9.56. The maximum Gasteiger partial charge on any atom is 0.123 e. The lowest BCUT2D eigenvalue weighted by molar-refractivity contribution is 0.171. The van der Waals surface area contributed by atoms with Crippen LogP contribution in [-0.4, -0.2) is 30.6 Å². The molecule has 0 spiro atoms. The normalized spacial score (nSPS) is 20.8. The molecule has 0 saturated carbocycles. The molecule has 0 amide bonds. The zero-order valence-corrected chi connectivity index (χ0v) is 12.9. The molecule has 1 fully saturated rings. The number of rotatable bonds is 6. The zero-order chi connectivity index (χ0) is 14.5. The van der Waals surface area contributed by atoms with E-state index in [-0.39, 0.29) is 5.82 Å². The summed E-state index contributed by atoms with van der Waals surface area (Å²) in [7, 11) is 0. The second kappa shape index (κ2) is 7.19. The minimum Gasteiger partial charge on any atom is -0.313 e. The minimum absolute atomic E-state index is 0.159. The van der Waals surface area contributed by atoms with Crippen molar-refractivity contribution < 1.29 is 4.39 Å². The summed E-state index contributed by atoms with van der Waals surface area (Å²) >= 11 is 0. The van der Waals surface area contributed by atoms with Crippen molar-refractivity contribution in [3.05, 3.63) is 35.6 Å². The molecule has 20 heavy (non-hydrogen) atoms. The van der Waals surface area contributed by atoms with E-state index in [4.69, 9.17) is 0 Å². The van der Waals surface area contributed by atoms with Gasteiger partial charge in [0.15, 0.2) is 0 Å². The molecule has 1 saturated heterocycles. The third-order valence-corrected chi connectivity index (χ3v) is 4.12. The van der Waals surface area contributed by atoms with Gasteiger partial charge in [0.05, 0.1) is 0 Å². The van der Waals surface area contributed by atoms with Crippen molar-refractivity contribution in [2.75, 3.05) is 19.6 Å². The number of nitrogens with zero attached hydrogens (tertiary/aromatic N) is 1. The Labute approximate surface area is 122 Å². The van der Waals surface area contributed by atoms with E-state index in [1.165, 1.54) is 18.4 Å². The number of hydrogen-bond donors (Lipinski definition) is 1. The molecule has 112 valence electrons. The van der Waals surface area contributed by atoms with Crippen LogP contribution >= 0.6 is 0 Å². The molecule has 1 aromatic rings. The molecule has 2 nitrogen and oxygen atoms in total. The quantitative estimate of drug-likeness (QED) is 0.855. The van der Waals surface area contributed by atoms with E-state index in [0.29, 0.717) is 18.0 Å². The monoisotopic (exact) mass is 278 g/mol. The average molecular weight is 278 g/mol. The maximum absolute atomic E-state index is 13.1. The SMILES string of the molecule is CC(C)CN(CC1CCCN1)C(C)c1ccc(F)cc1. The highest BCUT2D eigenvalue weighted by molar-refractivity contribution is 5.19. The second-order valence-corrected chi connectivity index (χ2v) is 6.37. The van der Waals surface area contributed by atoms with Crippen molar-refractivity contribution in [1.29, 1.82) is 0 Å². The fourth-order valence-electron chi connectivity index (χ4n) is 3.01. The Hall–Kier alpha value is -0.930. The van der Waals surface area contributed by atoms with E-state index in [0.717, 1.165) is 19.6 Å². The van der Waals surface area contributed by atoms with E-state index < -0.39 is 0 Å². The van der Waals surface area contributed by atoms with Crippen molar-refractivity contribution in [2.45, 2.75) is 45.7 Å². The summed E-state index contributed by atoms with van der Waals surface area (Å²) in [6, 6.07) is 7.89. The van der Waals surface area contributed by atoms with Gasteiger partial charge in [-0.25, -0.2) is 4.39 Å². The van der Waals surface area contributed by atoms with Gasteiger partial charge in [-0.05, 0) is 49.9 Å². The fraction of sp³-hybridized carbons (Fsp3) is 0.647. The molecule has 1 aromatic carbocycles. The van der Waals surface area contributed by atoms with Crippen LogP contribution in [-0.2, 0) is 0 Å². The minimum atomic E-state index is -0.159. The Morgan fingerprint density at radius 3 is 2.50 bits per heavy atom. The lowest BCUT2D eigenvalue weighted by Gasteiger charge is -2.33. The number of nitrogens with one attached hydrogen (secondary N) is 1. The Morgan fingerprint density at radius 2 is 1.95 bits per heavy atom. The molecule has 0 radical (unpaired) electrons. The van der Waals surface area contributed by atoms with E-state index in [2.05, 4.69) is 31.0 Å². The first-order valence-corrected chi connectivity index (χ1v) is 7.79. The van der Waals surface area contributed by atoms with Gasteiger partial charge in [-0.15, -0.1) is 0 Å². The predicted octanol–water partition coefficient (Wildman–Crippen LogP) is 3.60. The standard InChI is InChI=1S/C17H27FN2/c1-13(2)11-20(12-17-5-4-10-19-17)14(3)15-6-8-16(18)9-7-15/h6-9,13-14,17,19H,4-5,10-12H2,1-3H3. The number of hydrogen-bond acceptors (Lipinski definition) is 2. The van der Waals surface area contributed by atoms with Gasteiger partial charge in [0, 0.05) is 25.2 Å². The molecule has 1 aliphatic heterocycles. The Kier molecular flexibility index (Phi) is 5.55. The highest BCUT2D eigenvalue weighted by Crippen LogP contribution is 2.23. The first kappa shape index (κ1) is 15.5. The summed E-state index contributed by atoms with van der Waals surface area (Å²) in [6.45, 7) is 10.0. The van der Waals surface area contributed by atoms with Gasteiger partial charge in [0.2, 0.25) is 0 Å². The summed E-state index contributed by atoms with van der Waals surface area (Å²) in [5.74, 6) is 0.480. The second-order valence-electron chi connectivity index (χ2n) is 6.37. The van der Waals surface area contributed by atoms with Crippen LogP contribution in [0.1, 0.15) is 45.2 Å². The van der Waals surface area contributed by atoms with Crippen molar-refractivity contribution in [3.8, 4) is 0 Å². The van der Waals surface area contributed by atoms with Crippen LogP contribution in [0.2, 0.25) is 0 Å². The van der Waals surface area contributed by atoms with Crippen LogP contribution in [0.25, 0.3) is 0 Å². The molecule has 2 atom stereocenters. The van der Waals surface area contributed by atoms with E-state index in [9.17, 15) is 4.39 Å². The van der Waals surface area contributed by atoms with Crippen molar-refractivity contribution in [1.82, 2.24) is 10.2 Å². The highest BCUT2D eigenvalue weighted by atomic mass is 19.1. The summed E-state index contributed by atoms with van der Waals surface area (Å²) in [5, 5.41) is 3.57. The molecule has 2 unspecified atom stereocenters. The summed E-state index contributed by atoms with van der Waals surface area (Å²) in [6.07, 6.45) is 2.55. The third kappa shape index (κ3) is 4.29. The van der Waals surface area contributed by atoms with Gasteiger partial charge in [-0.2, -0.15) is 0 Å². The fourth-order valence-corrected chi connectivity index (χ4v) is 3.01. The van der Waals surface area contributed by atoms with Crippen LogP contribution in [0, 0.1) is 11.7 Å². The molecule has 2 rings (SSSR count). The van der Waals surface area contributed by atoms with Gasteiger partial charge >= 0.3 is 0 Å². The summed E-state index contributed by atoms with van der Waals surface area (Å²) < 4.78 is 13.1. The molecule has 0 aromatic heterocycles. The largest absolute Gasteiger partial charge is 0.313 e.